The number of esters is 3. The Bertz CT molecular complexity index is 459. The maximum Gasteiger partial charge on any atom is 0.490 e. The van der Waals surface area contributed by atoms with Crippen LogP contribution < -0.4 is 0 Å². The maximum absolute atomic E-state index is 12.1. The molecule has 0 amide bonds. The van der Waals surface area contributed by atoms with Gasteiger partial charge in [0.1, 0.15) is 12.7 Å². The number of halogens is 6. The average Bonchev–Trinajstić information content (AvgIpc) is 2.46. The van der Waals surface area contributed by atoms with Gasteiger partial charge in [0.2, 0.25) is 0 Å². The molecule has 0 spiro atoms. The summed E-state index contributed by atoms with van der Waals surface area (Å²) in [4.78, 5) is 32.7. The molecule has 0 aromatic heterocycles. The molecule has 6 nitrogen and oxygen atoms in total. The third kappa shape index (κ3) is 10.5. The molecule has 0 aromatic rings. The maximum atomic E-state index is 12.1. The SMILES string of the molecule is CCCCCOC(=O)CC(COC(=O)C(F)(F)F)OC(=O)C(F)(F)F. The van der Waals surface area contributed by atoms with Crippen LogP contribution in [0.1, 0.15) is 32.6 Å². The number of ether oxygens (including phenoxy) is 3. The first kappa shape index (κ1) is 23.0. The third-order valence-corrected chi connectivity index (χ3v) is 2.54. The Morgan fingerprint density at radius 2 is 1.44 bits per heavy atom. The Morgan fingerprint density at radius 3 is 1.92 bits per heavy atom. The molecule has 0 radical (unpaired) electrons. The number of rotatable bonds is 9. The first-order valence-electron chi connectivity index (χ1n) is 7.05. The van der Waals surface area contributed by atoms with Crippen LogP contribution in [0.5, 0.6) is 0 Å². The molecule has 0 fully saturated rings. The molecule has 0 aliphatic carbocycles. The van der Waals surface area contributed by atoms with Gasteiger partial charge in [-0.05, 0) is 6.42 Å². The lowest BCUT2D eigenvalue weighted by Crippen LogP contribution is -2.36. The number of unbranched alkanes of at least 4 members (excludes halogenated alkanes) is 2. The first-order chi connectivity index (χ1) is 11.4. The highest BCUT2D eigenvalue weighted by Crippen LogP contribution is 2.20. The lowest BCUT2D eigenvalue weighted by Gasteiger charge is -2.18. The molecule has 0 heterocycles. The van der Waals surface area contributed by atoms with E-state index in [2.05, 4.69) is 14.2 Å². The zero-order valence-corrected chi connectivity index (χ0v) is 13.0. The molecule has 0 saturated heterocycles. The fourth-order valence-corrected chi connectivity index (χ4v) is 1.39. The van der Waals surface area contributed by atoms with Crippen molar-refractivity contribution in [3.63, 3.8) is 0 Å². The summed E-state index contributed by atoms with van der Waals surface area (Å²) in [7, 11) is 0. The van der Waals surface area contributed by atoms with E-state index in [4.69, 9.17) is 0 Å². The van der Waals surface area contributed by atoms with Crippen LogP contribution in [0.3, 0.4) is 0 Å². The van der Waals surface area contributed by atoms with Crippen molar-refractivity contribution >= 4 is 17.9 Å². The quantitative estimate of drug-likeness (QED) is 0.264. The molecular formula is C13H16F6O6. The van der Waals surface area contributed by atoms with Crippen molar-refractivity contribution in [2.45, 2.75) is 51.1 Å². The van der Waals surface area contributed by atoms with Crippen LogP contribution in [0.4, 0.5) is 26.3 Å². The largest absolute Gasteiger partial charge is 0.490 e. The topological polar surface area (TPSA) is 78.9 Å². The van der Waals surface area contributed by atoms with Gasteiger partial charge in [-0.3, -0.25) is 4.79 Å². The highest BCUT2D eigenvalue weighted by molar-refractivity contribution is 5.77. The van der Waals surface area contributed by atoms with Crippen molar-refractivity contribution in [1.82, 2.24) is 0 Å². The van der Waals surface area contributed by atoms with E-state index in [0.717, 1.165) is 6.42 Å². The summed E-state index contributed by atoms with van der Waals surface area (Å²) in [6, 6.07) is 0. The lowest BCUT2D eigenvalue weighted by molar-refractivity contribution is -0.214. The molecular weight excluding hydrogens is 366 g/mol. The molecule has 1 unspecified atom stereocenters. The number of carbonyl (C=O) groups is 3. The molecule has 0 rings (SSSR count). The van der Waals surface area contributed by atoms with Gasteiger partial charge in [0.05, 0.1) is 13.0 Å². The predicted molar refractivity (Wildman–Crippen MR) is 68.1 cm³/mol. The summed E-state index contributed by atoms with van der Waals surface area (Å²) in [5, 5.41) is 0. The van der Waals surface area contributed by atoms with Crippen LogP contribution in [0.2, 0.25) is 0 Å². The summed E-state index contributed by atoms with van der Waals surface area (Å²) < 4.78 is 84.6. The smallest absolute Gasteiger partial charge is 0.466 e. The molecule has 1 atom stereocenters. The van der Waals surface area contributed by atoms with Gasteiger partial charge in [0.25, 0.3) is 0 Å². The van der Waals surface area contributed by atoms with Gasteiger partial charge in [-0.15, -0.1) is 0 Å². The summed E-state index contributed by atoms with van der Waals surface area (Å²) in [6.07, 6.45) is -11.9. The van der Waals surface area contributed by atoms with E-state index in [1.807, 2.05) is 6.92 Å². The van der Waals surface area contributed by atoms with Gasteiger partial charge in [-0.2, -0.15) is 26.3 Å². The molecule has 0 aliphatic rings. The molecule has 146 valence electrons. The lowest BCUT2D eigenvalue weighted by atomic mass is 10.2. The standard InChI is InChI=1S/C13H16F6O6/c1-2-3-4-5-23-9(20)6-8(25-11(22)13(17,18)19)7-24-10(21)12(14,15)16/h8H,2-7H2,1H3. The molecule has 0 N–H and O–H groups in total. The summed E-state index contributed by atoms with van der Waals surface area (Å²) in [5.74, 6) is -6.55. The molecule has 25 heavy (non-hydrogen) atoms. The Morgan fingerprint density at radius 1 is 0.880 bits per heavy atom. The fraction of sp³-hybridized carbons (Fsp3) is 0.769. The van der Waals surface area contributed by atoms with Crippen molar-refractivity contribution in [3.05, 3.63) is 0 Å². The minimum Gasteiger partial charge on any atom is -0.466 e. The van der Waals surface area contributed by atoms with Gasteiger partial charge >= 0.3 is 30.3 Å². The number of hydrogen-bond acceptors (Lipinski definition) is 6. The minimum absolute atomic E-state index is 0.0606. The Balaban J connectivity index is 4.70. The van der Waals surface area contributed by atoms with Gasteiger partial charge in [0, 0.05) is 0 Å². The van der Waals surface area contributed by atoms with E-state index < -0.39 is 49.4 Å². The number of hydrogen-bond donors (Lipinski definition) is 0. The van der Waals surface area contributed by atoms with E-state index in [1.54, 1.807) is 0 Å². The molecule has 0 aromatic carbocycles. The van der Waals surface area contributed by atoms with Gasteiger partial charge < -0.3 is 14.2 Å². The molecule has 12 heteroatoms. The second kappa shape index (κ2) is 10.1. The Hall–Kier alpha value is -2.01. The molecule has 0 aliphatic heterocycles. The van der Waals surface area contributed by atoms with E-state index in [0.29, 0.717) is 12.8 Å². The number of alkyl halides is 6. The van der Waals surface area contributed by atoms with E-state index in [9.17, 15) is 40.7 Å². The van der Waals surface area contributed by atoms with Gasteiger partial charge in [0.15, 0.2) is 0 Å². The zero-order valence-electron chi connectivity index (χ0n) is 13.0. The van der Waals surface area contributed by atoms with Crippen molar-refractivity contribution in [3.8, 4) is 0 Å². The second-order valence-electron chi connectivity index (χ2n) is 4.75. The normalized spacial score (nSPS) is 13.1. The van der Waals surface area contributed by atoms with Crippen LogP contribution in [-0.4, -0.2) is 49.6 Å². The van der Waals surface area contributed by atoms with Crippen LogP contribution in [0.25, 0.3) is 0 Å². The first-order valence-corrected chi connectivity index (χ1v) is 7.05. The van der Waals surface area contributed by atoms with E-state index >= 15 is 0 Å². The van der Waals surface area contributed by atoms with Crippen LogP contribution in [0, 0.1) is 0 Å². The van der Waals surface area contributed by atoms with Gasteiger partial charge in [-0.25, -0.2) is 9.59 Å². The summed E-state index contributed by atoms with van der Waals surface area (Å²) >= 11 is 0. The summed E-state index contributed by atoms with van der Waals surface area (Å²) in [5.41, 5.74) is 0. The summed E-state index contributed by atoms with van der Waals surface area (Å²) in [6.45, 7) is 0.419. The van der Waals surface area contributed by atoms with Crippen LogP contribution in [-0.2, 0) is 28.6 Å². The third-order valence-electron chi connectivity index (χ3n) is 2.54. The Labute approximate surface area is 138 Å². The predicted octanol–water partition coefficient (Wildman–Crippen LogP) is 2.69. The second-order valence-corrected chi connectivity index (χ2v) is 4.75. The van der Waals surface area contributed by atoms with E-state index in [-0.39, 0.29) is 6.61 Å². The highest BCUT2D eigenvalue weighted by atomic mass is 19.4. The van der Waals surface area contributed by atoms with Crippen LogP contribution >= 0.6 is 0 Å². The van der Waals surface area contributed by atoms with Crippen molar-refractivity contribution < 1.29 is 54.9 Å². The van der Waals surface area contributed by atoms with Gasteiger partial charge in [-0.1, -0.05) is 19.8 Å². The average molecular weight is 382 g/mol. The fourth-order valence-electron chi connectivity index (χ4n) is 1.39. The highest BCUT2D eigenvalue weighted by Gasteiger charge is 2.44. The number of carbonyl (C=O) groups excluding carboxylic acids is 3. The Kier molecular flexibility index (Phi) is 9.28. The van der Waals surface area contributed by atoms with Crippen molar-refractivity contribution in [2.75, 3.05) is 13.2 Å². The van der Waals surface area contributed by atoms with Crippen molar-refractivity contribution in [2.24, 2.45) is 0 Å². The molecule has 0 bridgehead atoms. The van der Waals surface area contributed by atoms with Crippen molar-refractivity contribution in [1.29, 1.82) is 0 Å². The van der Waals surface area contributed by atoms with E-state index in [1.165, 1.54) is 0 Å². The monoisotopic (exact) mass is 382 g/mol. The zero-order chi connectivity index (χ0) is 19.7. The van der Waals surface area contributed by atoms with Crippen LogP contribution in [0.15, 0.2) is 0 Å². The minimum atomic E-state index is -5.43. The molecule has 0 saturated carbocycles.